The molecule has 58 valence electrons. The molecule has 0 fully saturated rings. The summed E-state index contributed by atoms with van der Waals surface area (Å²) in [5.74, 6) is 5.07. The molecule has 0 saturated heterocycles. The molecule has 0 saturated carbocycles. The van der Waals surface area contributed by atoms with Crippen LogP contribution in [0.1, 0.15) is 16.7 Å². The molecule has 0 aromatic heterocycles. The molecular formula is C11H9N. The first-order valence-corrected chi connectivity index (χ1v) is 3.58. The van der Waals surface area contributed by atoms with Gasteiger partial charge in [-0.15, -0.1) is 12.8 Å². The molecule has 0 spiro atoms. The van der Waals surface area contributed by atoms with E-state index in [1.54, 1.807) is 0 Å². The summed E-state index contributed by atoms with van der Waals surface area (Å²) in [6, 6.07) is 5.56. The van der Waals surface area contributed by atoms with Gasteiger partial charge in [-0.2, -0.15) is 0 Å². The molecule has 1 heteroatoms. The molecule has 2 N–H and O–H groups in total. The highest BCUT2D eigenvalue weighted by atomic mass is 14.5. The summed E-state index contributed by atoms with van der Waals surface area (Å²) in [7, 11) is 0. The molecule has 1 nitrogen and oxygen atoms in total. The molecule has 0 aliphatic heterocycles. The monoisotopic (exact) mass is 155 g/mol. The van der Waals surface area contributed by atoms with E-state index in [1.165, 1.54) is 0 Å². The summed E-state index contributed by atoms with van der Waals surface area (Å²) >= 11 is 0. The van der Waals surface area contributed by atoms with Gasteiger partial charge in [0.15, 0.2) is 0 Å². The van der Waals surface area contributed by atoms with Crippen molar-refractivity contribution in [2.45, 2.75) is 6.54 Å². The minimum absolute atomic E-state index is 0.426. The number of terminal acetylenes is 2. The van der Waals surface area contributed by atoms with E-state index in [0.717, 1.165) is 16.7 Å². The molecule has 0 bridgehead atoms. The first-order valence-electron chi connectivity index (χ1n) is 3.58. The predicted octanol–water partition coefficient (Wildman–Crippen LogP) is 1.11. The Bertz CT molecular complexity index is 364. The summed E-state index contributed by atoms with van der Waals surface area (Å²) in [4.78, 5) is 0. The molecular weight excluding hydrogens is 146 g/mol. The van der Waals surface area contributed by atoms with Crippen molar-refractivity contribution in [1.29, 1.82) is 0 Å². The van der Waals surface area contributed by atoms with E-state index < -0.39 is 0 Å². The molecule has 1 rings (SSSR count). The van der Waals surface area contributed by atoms with Gasteiger partial charge in [-0.3, -0.25) is 0 Å². The second kappa shape index (κ2) is 3.62. The van der Waals surface area contributed by atoms with Crippen LogP contribution in [0.5, 0.6) is 0 Å². The lowest BCUT2D eigenvalue weighted by molar-refractivity contribution is 1.06. The van der Waals surface area contributed by atoms with Crippen LogP contribution in [0, 0.1) is 24.7 Å². The van der Waals surface area contributed by atoms with Gasteiger partial charge in [0.2, 0.25) is 0 Å². The van der Waals surface area contributed by atoms with Crippen LogP contribution in [0.25, 0.3) is 0 Å². The van der Waals surface area contributed by atoms with E-state index in [9.17, 15) is 0 Å². The quantitative estimate of drug-likeness (QED) is 0.604. The lowest BCUT2D eigenvalue weighted by Gasteiger charge is -2.02. The predicted molar refractivity (Wildman–Crippen MR) is 50.2 cm³/mol. The average Bonchev–Trinajstić information content (AvgIpc) is 2.16. The third kappa shape index (κ3) is 1.32. The van der Waals surface area contributed by atoms with Gasteiger partial charge in [0.05, 0.1) is 0 Å². The Hall–Kier alpha value is -1.70. The van der Waals surface area contributed by atoms with Crippen LogP contribution in [-0.2, 0) is 6.54 Å². The number of hydrogen-bond acceptors (Lipinski definition) is 1. The van der Waals surface area contributed by atoms with E-state index in [2.05, 4.69) is 11.8 Å². The summed E-state index contributed by atoms with van der Waals surface area (Å²) in [5.41, 5.74) is 7.88. The SMILES string of the molecule is C#Cc1cccc(CN)c1C#C. The van der Waals surface area contributed by atoms with Crippen molar-refractivity contribution in [3.8, 4) is 24.7 Å². The van der Waals surface area contributed by atoms with Crippen molar-refractivity contribution in [2.24, 2.45) is 5.73 Å². The standard InChI is InChI=1S/C11H9N/c1-3-9-6-5-7-10(8-12)11(9)4-2/h1-2,5-7H,8,12H2. The first-order chi connectivity index (χ1) is 5.83. The molecule has 0 amide bonds. The number of rotatable bonds is 1. The Morgan fingerprint density at radius 1 is 1.25 bits per heavy atom. The fourth-order valence-electron chi connectivity index (χ4n) is 1.06. The van der Waals surface area contributed by atoms with Crippen LogP contribution in [-0.4, -0.2) is 0 Å². The zero-order chi connectivity index (χ0) is 8.97. The third-order valence-electron chi connectivity index (χ3n) is 1.67. The van der Waals surface area contributed by atoms with E-state index in [0.29, 0.717) is 6.54 Å². The van der Waals surface area contributed by atoms with Gasteiger partial charge in [0, 0.05) is 17.7 Å². The van der Waals surface area contributed by atoms with Crippen molar-refractivity contribution >= 4 is 0 Å². The third-order valence-corrected chi connectivity index (χ3v) is 1.67. The lowest BCUT2D eigenvalue weighted by Crippen LogP contribution is -2.00. The maximum absolute atomic E-state index is 5.49. The Balaban J connectivity index is 3.37. The first kappa shape index (κ1) is 8.40. The smallest absolute Gasteiger partial charge is 0.0443 e. The second-order valence-corrected chi connectivity index (χ2v) is 2.33. The van der Waals surface area contributed by atoms with Gasteiger partial charge < -0.3 is 5.73 Å². The molecule has 0 aliphatic carbocycles. The Morgan fingerprint density at radius 3 is 2.50 bits per heavy atom. The number of hydrogen-bond donors (Lipinski definition) is 1. The average molecular weight is 155 g/mol. The van der Waals surface area contributed by atoms with Crippen LogP contribution >= 0.6 is 0 Å². The zero-order valence-corrected chi connectivity index (χ0v) is 6.67. The minimum Gasteiger partial charge on any atom is -0.326 e. The van der Waals surface area contributed by atoms with E-state index >= 15 is 0 Å². The molecule has 0 aliphatic rings. The highest BCUT2D eigenvalue weighted by molar-refractivity contribution is 5.52. The van der Waals surface area contributed by atoms with Crippen molar-refractivity contribution in [3.05, 3.63) is 34.9 Å². The normalized spacial score (nSPS) is 8.58. The highest BCUT2D eigenvalue weighted by Gasteiger charge is 2.01. The van der Waals surface area contributed by atoms with Crippen molar-refractivity contribution in [1.82, 2.24) is 0 Å². The van der Waals surface area contributed by atoms with Crippen LogP contribution < -0.4 is 5.73 Å². The summed E-state index contributed by atoms with van der Waals surface area (Å²) in [6.07, 6.45) is 10.6. The minimum atomic E-state index is 0.426. The fraction of sp³-hybridized carbons (Fsp3) is 0.0909. The molecule has 0 radical (unpaired) electrons. The maximum Gasteiger partial charge on any atom is 0.0443 e. The zero-order valence-electron chi connectivity index (χ0n) is 6.67. The van der Waals surface area contributed by atoms with Crippen LogP contribution in [0.2, 0.25) is 0 Å². The van der Waals surface area contributed by atoms with Crippen LogP contribution in [0.3, 0.4) is 0 Å². The summed E-state index contributed by atoms with van der Waals surface area (Å²) in [5, 5.41) is 0. The fourth-order valence-corrected chi connectivity index (χ4v) is 1.06. The molecule has 12 heavy (non-hydrogen) atoms. The van der Waals surface area contributed by atoms with Crippen LogP contribution in [0.4, 0.5) is 0 Å². The summed E-state index contributed by atoms with van der Waals surface area (Å²) < 4.78 is 0. The largest absolute Gasteiger partial charge is 0.326 e. The van der Waals surface area contributed by atoms with E-state index in [1.807, 2.05) is 18.2 Å². The van der Waals surface area contributed by atoms with Gasteiger partial charge >= 0.3 is 0 Å². The topological polar surface area (TPSA) is 26.0 Å². The van der Waals surface area contributed by atoms with Gasteiger partial charge in [-0.25, -0.2) is 0 Å². The van der Waals surface area contributed by atoms with Crippen molar-refractivity contribution in [3.63, 3.8) is 0 Å². The lowest BCUT2D eigenvalue weighted by atomic mass is 10.0. The van der Waals surface area contributed by atoms with E-state index in [-0.39, 0.29) is 0 Å². The molecule has 0 atom stereocenters. The molecule has 1 aromatic carbocycles. The van der Waals surface area contributed by atoms with Crippen molar-refractivity contribution < 1.29 is 0 Å². The van der Waals surface area contributed by atoms with E-state index in [4.69, 9.17) is 18.6 Å². The Morgan fingerprint density at radius 2 is 2.00 bits per heavy atom. The van der Waals surface area contributed by atoms with Gasteiger partial charge in [-0.05, 0) is 11.6 Å². The molecule has 1 aromatic rings. The maximum atomic E-state index is 5.49. The molecule has 0 unspecified atom stereocenters. The highest BCUT2D eigenvalue weighted by Crippen LogP contribution is 2.11. The van der Waals surface area contributed by atoms with Gasteiger partial charge in [0.25, 0.3) is 0 Å². The van der Waals surface area contributed by atoms with Gasteiger partial charge in [-0.1, -0.05) is 24.0 Å². The second-order valence-electron chi connectivity index (χ2n) is 2.33. The Kier molecular flexibility index (Phi) is 2.53. The number of benzene rings is 1. The number of nitrogens with two attached hydrogens (primary N) is 1. The molecule has 0 heterocycles. The Labute approximate surface area is 72.6 Å². The van der Waals surface area contributed by atoms with Gasteiger partial charge in [0.1, 0.15) is 0 Å². The van der Waals surface area contributed by atoms with Crippen molar-refractivity contribution in [2.75, 3.05) is 0 Å². The summed E-state index contributed by atoms with van der Waals surface area (Å²) in [6.45, 7) is 0.426. The van der Waals surface area contributed by atoms with Crippen LogP contribution in [0.15, 0.2) is 18.2 Å².